The molecule has 3 saturated heterocycles. The fourth-order valence-corrected chi connectivity index (χ4v) is 9.94. The zero-order chi connectivity index (χ0) is 41.6. The van der Waals surface area contributed by atoms with Crippen molar-refractivity contribution in [2.24, 2.45) is 0 Å². The summed E-state index contributed by atoms with van der Waals surface area (Å²) in [7, 11) is 1.75. The molecule has 13 nitrogen and oxygen atoms in total. The summed E-state index contributed by atoms with van der Waals surface area (Å²) >= 11 is 8.00. The van der Waals surface area contributed by atoms with Crippen LogP contribution in [0.15, 0.2) is 12.1 Å². The summed E-state index contributed by atoms with van der Waals surface area (Å²) in [6, 6.07) is 3.79. The lowest BCUT2D eigenvalue weighted by Crippen LogP contribution is -2.44. The monoisotopic (exact) mass is 841 g/mol. The smallest absolute Gasteiger partial charge is 0.412 e. The first kappa shape index (κ1) is 40.0. The van der Waals surface area contributed by atoms with E-state index in [0.29, 0.717) is 6.54 Å². The summed E-state index contributed by atoms with van der Waals surface area (Å²) in [5.41, 5.74) is -2.76. The number of hydrogen-bond donors (Lipinski definition) is 1. The standard InChI is InChI=1S/C40H43ClF3N7O6S/c1-38(2,3)56-36(52)48-34-21(14-45)25-20(9-10-22(43)32(25)58-34)26-28(41)31-27-30(29(26)44)46-35(54-18-40-11-8-12-51(40)15-19(42)13-40)47-33(27)49(7)23-16-50(17-24(23)55-31)37(53)57-39(4,5)6/h9-10,19,23-24H,8,11-13,15-18H2,1-7H3,(H,48,52)/t19-,23?,24?,40+/m1/s1. The molecule has 6 heterocycles. The maximum atomic E-state index is 17.6. The number of alkyl halides is 1. The number of nitrogens with zero attached hydrogens (tertiary/aromatic N) is 6. The van der Waals surface area contributed by atoms with E-state index in [1.807, 2.05) is 6.07 Å². The van der Waals surface area contributed by atoms with Gasteiger partial charge in [0.2, 0.25) is 0 Å². The van der Waals surface area contributed by atoms with Crippen molar-refractivity contribution in [3.05, 3.63) is 34.4 Å². The van der Waals surface area contributed by atoms with E-state index in [0.717, 1.165) is 36.8 Å². The van der Waals surface area contributed by atoms with Gasteiger partial charge in [0.25, 0.3) is 0 Å². The third-order valence-electron chi connectivity index (χ3n) is 10.9. The first-order chi connectivity index (χ1) is 27.3. The highest BCUT2D eigenvalue weighted by atomic mass is 35.5. The Morgan fingerprint density at radius 1 is 1.10 bits per heavy atom. The average Bonchev–Trinajstić information content (AvgIpc) is 3.87. The molecule has 2 amide bonds. The van der Waals surface area contributed by atoms with Crippen molar-refractivity contribution in [2.45, 2.75) is 95.9 Å². The molecule has 0 aliphatic carbocycles. The minimum Gasteiger partial charge on any atom is -0.484 e. The van der Waals surface area contributed by atoms with E-state index < -0.39 is 58.9 Å². The van der Waals surface area contributed by atoms with Crippen LogP contribution in [0.5, 0.6) is 11.8 Å². The van der Waals surface area contributed by atoms with E-state index in [9.17, 15) is 19.2 Å². The van der Waals surface area contributed by atoms with Gasteiger partial charge >= 0.3 is 18.2 Å². The molecule has 2 aromatic heterocycles. The molecular weight excluding hydrogens is 799 g/mol. The number of ether oxygens (including phenoxy) is 4. The Bertz CT molecular complexity index is 2410. The van der Waals surface area contributed by atoms with Gasteiger partial charge in [0.15, 0.2) is 11.6 Å². The van der Waals surface area contributed by atoms with E-state index in [1.165, 1.54) is 11.0 Å². The number of likely N-dealkylation sites (N-methyl/N-ethyl adjacent to an activating group) is 1. The van der Waals surface area contributed by atoms with Gasteiger partial charge in [0.05, 0.1) is 38.8 Å². The number of halogens is 4. The van der Waals surface area contributed by atoms with E-state index in [2.05, 4.69) is 15.2 Å². The summed E-state index contributed by atoms with van der Waals surface area (Å²) in [6.07, 6.45) is -1.24. The first-order valence-electron chi connectivity index (χ1n) is 19.0. The van der Waals surface area contributed by atoms with Crippen LogP contribution < -0.4 is 19.7 Å². The van der Waals surface area contributed by atoms with Gasteiger partial charge in [-0.1, -0.05) is 17.7 Å². The molecule has 0 saturated carbocycles. The Balaban J connectivity index is 1.29. The zero-order valence-corrected chi connectivity index (χ0v) is 34.7. The molecule has 4 aromatic rings. The molecule has 0 radical (unpaired) electrons. The number of aromatic nitrogens is 2. The molecule has 308 valence electrons. The van der Waals surface area contributed by atoms with Crippen LogP contribution >= 0.6 is 22.9 Å². The lowest BCUT2D eigenvalue weighted by Gasteiger charge is -2.31. The molecule has 3 fully saturated rings. The number of nitriles is 1. The van der Waals surface area contributed by atoms with Gasteiger partial charge in [-0.2, -0.15) is 15.2 Å². The van der Waals surface area contributed by atoms with Crippen LogP contribution in [0.4, 0.5) is 33.6 Å². The van der Waals surface area contributed by atoms with Gasteiger partial charge < -0.3 is 28.7 Å². The second-order valence-corrected chi connectivity index (χ2v) is 18.7. The number of carbonyl (C=O) groups excluding carboxylic acids is 2. The number of anilines is 2. The number of fused-ring (bicyclic) bond motifs is 3. The van der Waals surface area contributed by atoms with Gasteiger partial charge in [0.1, 0.15) is 58.3 Å². The number of carbonyl (C=O) groups is 2. The predicted molar refractivity (Wildman–Crippen MR) is 213 cm³/mol. The van der Waals surface area contributed by atoms with Crippen molar-refractivity contribution in [1.29, 1.82) is 5.26 Å². The molecule has 8 rings (SSSR count). The number of hydrogen-bond acceptors (Lipinski definition) is 12. The van der Waals surface area contributed by atoms with E-state index >= 15 is 8.78 Å². The van der Waals surface area contributed by atoms with Crippen molar-refractivity contribution in [3.8, 4) is 29.0 Å². The lowest BCUT2D eigenvalue weighted by molar-refractivity contribution is 0.0275. The Labute approximate surface area is 341 Å². The molecule has 0 spiro atoms. The highest BCUT2D eigenvalue weighted by Gasteiger charge is 2.50. The fourth-order valence-electron chi connectivity index (χ4n) is 8.55. The number of thiophene rings is 1. The predicted octanol–water partition coefficient (Wildman–Crippen LogP) is 8.43. The molecule has 4 atom stereocenters. The van der Waals surface area contributed by atoms with Crippen LogP contribution in [0.2, 0.25) is 5.02 Å². The van der Waals surface area contributed by atoms with Crippen molar-refractivity contribution in [1.82, 2.24) is 19.8 Å². The van der Waals surface area contributed by atoms with Crippen LogP contribution in [-0.2, 0) is 9.47 Å². The van der Waals surface area contributed by atoms with Gasteiger partial charge in [-0.15, -0.1) is 11.3 Å². The minimum absolute atomic E-state index is 0.000296. The summed E-state index contributed by atoms with van der Waals surface area (Å²) in [5.74, 6) is -1.41. The van der Waals surface area contributed by atoms with Crippen molar-refractivity contribution < 1.29 is 41.7 Å². The average molecular weight is 842 g/mol. The van der Waals surface area contributed by atoms with E-state index in [1.54, 1.807) is 53.5 Å². The molecule has 4 aliphatic rings. The highest BCUT2D eigenvalue weighted by Crippen LogP contribution is 2.52. The number of amides is 2. The largest absolute Gasteiger partial charge is 0.484 e. The number of likely N-dealkylation sites (tertiary alicyclic amines) is 1. The summed E-state index contributed by atoms with van der Waals surface area (Å²) < 4.78 is 71.8. The quantitative estimate of drug-likeness (QED) is 0.207. The van der Waals surface area contributed by atoms with E-state index in [4.69, 9.17) is 35.5 Å². The van der Waals surface area contributed by atoms with E-state index in [-0.39, 0.29) is 91.4 Å². The second-order valence-electron chi connectivity index (χ2n) is 17.3. The molecule has 18 heteroatoms. The van der Waals surface area contributed by atoms with Crippen LogP contribution in [0.1, 0.15) is 66.4 Å². The Hall–Kier alpha value is -4.79. The Morgan fingerprint density at radius 3 is 2.55 bits per heavy atom. The van der Waals surface area contributed by atoms with Crippen molar-refractivity contribution >= 4 is 66.9 Å². The van der Waals surface area contributed by atoms with Crippen LogP contribution in [-0.4, -0.2) is 107 Å². The normalized spacial score (nSPS) is 23.0. The van der Waals surface area contributed by atoms with Crippen LogP contribution in [0.3, 0.4) is 0 Å². The Morgan fingerprint density at radius 2 is 1.84 bits per heavy atom. The molecule has 4 aliphatic heterocycles. The molecule has 2 unspecified atom stereocenters. The lowest BCUT2D eigenvalue weighted by atomic mass is 9.95. The molecule has 1 N–H and O–H groups in total. The molecule has 2 aromatic carbocycles. The Kier molecular flexibility index (Phi) is 9.79. The van der Waals surface area contributed by atoms with Gasteiger partial charge in [-0.05, 0) is 72.6 Å². The van der Waals surface area contributed by atoms with Crippen LogP contribution in [0.25, 0.3) is 32.1 Å². The SMILES string of the molecule is CN1c2nc(OC[C@@]34CCCN3C[C@H](F)C4)nc3c(F)c(-c4ccc(F)c5sc(NC(=O)OC(C)(C)C)c(C#N)c45)c(Cl)c(c23)OC2CN(C(=O)OC(C)(C)C)CC21. The van der Waals surface area contributed by atoms with Gasteiger partial charge in [-0.3, -0.25) is 10.2 Å². The summed E-state index contributed by atoms with van der Waals surface area (Å²) in [6.45, 7) is 11.7. The molecule has 58 heavy (non-hydrogen) atoms. The minimum atomic E-state index is -1.01. The maximum absolute atomic E-state index is 17.6. The number of nitrogens with one attached hydrogen (secondary N) is 1. The zero-order valence-electron chi connectivity index (χ0n) is 33.1. The number of benzene rings is 2. The summed E-state index contributed by atoms with van der Waals surface area (Å²) in [4.78, 5) is 40.9. The fraction of sp³-hybridized carbons (Fsp3) is 0.525. The first-order valence-corrected chi connectivity index (χ1v) is 20.2. The third kappa shape index (κ3) is 6.96. The van der Waals surface area contributed by atoms with Crippen molar-refractivity contribution in [2.75, 3.05) is 50.1 Å². The molecule has 0 bridgehead atoms. The third-order valence-corrected chi connectivity index (χ3v) is 12.4. The maximum Gasteiger partial charge on any atom is 0.412 e. The van der Waals surface area contributed by atoms with Gasteiger partial charge in [-0.25, -0.2) is 22.8 Å². The molecular formula is C40H43ClF3N7O6S. The second kappa shape index (κ2) is 14.2. The summed E-state index contributed by atoms with van der Waals surface area (Å²) in [5, 5.41) is 12.9. The highest BCUT2D eigenvalue weighted by molar-refractivity contribution is 7.23. The number of rotatable bonds is 5. The topological polar surface area (TPSA) is 142 Å². The van der Waals surface area contributed by atoms with Crippen LogP contribution in [0, 0.1) is 23.0 Å². The van der Waals surface area contributed by atoms with Crippen molar-refractivity contribution in [3.63, 3.8) is 0 Å². The van der Waals surface area contributed by atoms with Gasteiger partial charge in [0, 0.05) is 37.5 Å².